The second-order valence-corrected chi connectivity index (χ2v) is 16.5. The first-order valence-electron chi connectivity index (χ1n) is 18.0. The first-order chi connectivity index (χ1) is 20.6. The average Bonchev–Trinajstić information content (AvgIpc) is 3.48. The Bertz CT molecular complexity index is 1280. The molecule has 0 spiro atoms. The number of carbonyl (C=O) groups excluding carboxylic acids is 1. The van der Waals surface area contributed by atoms with Crippen molar-refractivity contribution >= 4 is 12.0 Å². The number of anilines is 1. The van der Waals surface area contributed by atoms with Gasteiger partial charge < -0.3 is 15.8 Å². The molecular weight excluding hydrogens is 512 g/mol. The number of nitrogens with two attached hydrogens (primary N) is 1. The van der Waals surface area contributed by atoms with Crippen LogP contribution in [0, 0.1) is 76.4 Å². The average molecular weight is 565 g/mol. The second kappa shape index (κ2) is 9.82. The van der Waals surface area contributed by atoms with Gasteiger partial charge >= 0.3 is 0 Å². The summed E-state index contributed by atoms with van der Waals surface area (Å²) >= 11 is 0. The zero-order chi connectivity index (χ0) is 28.2. The fourth-order valence-electron chi connectivity index (χ4n) is 13.7. The van der Waals surface area contributed by atoms with Gasteiger partial charge in [0.15, 0.2) is 0 Å². The van der Waals surface area contributed by atoms with E-state index in [1.165, 1.54) is 93.9 Å². The van der Waals surface area contributed by atoms with E-state index < -0.39 is 0 Å². The van der Waals surface area contributed by atoms with Gasteiger partial charge in [0.25, 0.3) is 0 Å². The number of fused-ring (bicyclic) bond motifs is 9. The van der Waals surface area contributed by atoms with E-state index in [1.807, 2.05) is 0 Å². The molecule has 7 aliphatic carbocycles. The van der Waals surface area contributed by atoms with Crippen LogP contribution in [0.5, 0.6) is 0 Å². The number of para-hydroxylation sites is 1. The molecule has 0 aromatic heterocycles. The quantitative estimate of drug-likeness (QED) is 0.290. The third-order valence-corrected chi connectivity index (χ3v) is 15.3. The minimum absolute atomic E-state index is 0.00283. The van der Waals surface area contributed by atoms with Gasteiger partial charge in [0, 0.05) is 17.1 Å². The summed E-state index contributed by atoms with van der Waals surface area (Å²) in [7, 11) is 0. The van der Waals surface area contributed by atoms with Crippen molar-refractivity contribution < 1.29 is 4.79 Å². The molecule has 1 aromatic carbocycles. The highest BCUT2D eigenvalue weighted by Crippen LogP contribution is 2.76. The van der Waals surface area contributed by atoms with Gasteiger partial charge in [-0.25, -0.2) is 0 Å². The highest BCUT2D eigenvalue weighted by atomic mass is 16.1. The Morgan fingerprint density at radius 3 is 2.52 bits per heavy atom. The first kappa shape index (κ1) is 26.5. The van der Waals surface area contributed by atoms with Crippen LogP contribution in [0.25, 0.3) is 0 Å². The summed E-state index contributed by atoms with van der Waals surface area (Å²) in [6.45, 7) is 4.67. The number of nitrogens with one attached hydrogen (secondary N) is 1. The molecular formula is C39H52N2O. The molecule has 14 atom stereocenters. The van der Waals surface area contributed by atoms with Gasteiger partial charge in [0.2, 0.25) is 0 Å². The van der Waals surface area contributed by atoms with Crippen LogP contribution in [0.4, 0.5) is 5.69 Å². The third-order valence-electron chi connectivity index (χ3n) is 15.3. The van der Waals surface area contributed by atoms with Gasteiger partial charge in [-0.1, -0.05) is 68.2 Å². The van der Waals surface area contributed by atoms with Crippen molar-refractivity contribution in [1.29, 1.82) is 0 Å². The molecule has 9 rings (SSSR count). The molecule has 3 nitrogen and oxygen atoms in total. The Hall–Kier alpha value is -1.87. The third kappa shape index (κ3) is 3.70. The summed E-state index contributed by atoms with van der Waals surface area (Å²) in [4.78, 5) is 12.6. The molecule has 0 bridgehead atoms. The molecule has 42 heavy (non-hydrogen) atoms. The number of aryl methyl sites for hydroxylation is 1. The van der Waals surface area contributed by atoms with Gasteiger partial charge in [-0.05, 0) is 140 Å². The van der Waals surface area contributed by atoms with Crippen molar-refractivity contribution in [2.24, 2.45) is 82.2 Å². The van der Waals surface area contributed by atoms with E-state index in [1.54, 1.807) is 0 Å². The van der Waals surface area contributed by atoms with Crippen molar-refractivity contribution in [2.45, 2.75) is 95.6 Å². The SMILES string of the molecule is C=C1CC[C@@H]2[C@H]([C@@H]3C[C@@H](C4CCCC4)C[C@H]13)[C@]2([C@@H](N)C=O)[C@H]1C=C[C@@H]2[C@@H](C[C@@H]3[C@H]2C[C@@H]2CCc4ccccc4N[C@H]23)C1. The number of hydrogen-bond acceptors (Lipinski definition) is 3. The fraction of sp³-hybridized carbons (Fsp3) is 0.718. The molecule has 1 aliphatic heterocycles. The lowest BCUT2D eigenvalue weighted by atomic mass is 9.66. The Labute approximate surface area is 253 Å². The van der Waals surface area contributed by atoms with Crippen LogP contribution < -0.4 is 11.1 Å². The van der Waals surface area contributed by atoms with Crippen LogP contribution in [-0.2, 0) is 11.2 Å². The molecule has 1 heterocycles. The highest BCUT2D eigenvalue weighted by Gasteiger charge is 2.74. The molecule has 6 fully saturated rings. The smallest absolute Gasteiger partial charge is 0.137 e. The van der Waals surface area contributed by atoms with E-state index in [0.717, 1.165) is 54.1 Å². The van der Waals surface area contributed by atoms with Crippen LogP contribution in [0.1, 0.15) is 82.6 Å². The van der Waals surface area contributed by atoms with E-state index in [2.05, 4.69) is 48.3 Å². The molecule has 0 radical (unpaired) electrons. The molecule has 8 aliphatic rings. The number of hydrogen-bond donors (Lipinski definition) is 2. The molecule has 3 N–H and O–H groups in total. The monoisotopic (exact) mass is 564 g/mol. The molecule has 0 unspecified atom stereocenters. The summed E-state index contributed by atoms with van der Waals surface area (Å²) < 4.78 is 0. The van der Waals surface area contributed by atoms with Gasteiger partial charge in [-0.15, -0.1) is 0 Å². The van der Waals surface area contributed by atoms with Crippen LogP contribution in [0.3, 0.4) is 0 Å². The van der Waals surface area contributed by atoms with Crippen molar-refractivity contribution in [2.75, 3.05) is 5.32 Å². The van der Waals surface area contributed by atoms with E-state index in [0.29, 0.717) is 35.6 Å². The maximum Gasteiger partial charge on any atom is 0.137 e. The van der Waals surface area contributed by atoms with E-state index in [-0.39, 0.29) is 11.5 Å². The molecule has 0 saturated heterocycles. The summed E-state index contributed by atoms with van der Waals surface area (Å²) in [5.41, 5.74) is 11.4. The Balaban J connectivity index is 0.982. The van der Waals surface area contributed by atoms with Crippen LogP contribution >= 0.6 is 0 Å². The lowest BCUT2D eigenvalue weighted by molar-refractivity contribution is -0.111. The van der Waals surface area contributed by atoms with Crippen molar-refractivity contribution in [3.63, 3.8) is 0 Å². The summed E-state index contributed by atoms with van der Waals surface area (Å²) in [6.07, 6.45) is 23.9. The second-order valence-electron chi connectivity index (χ2n) is 16.5. The molecule has 0 amide bonds. The Morgan fingerprint density at radius 2 is 1.67 bits per heavy atom. The number of aldehydes is 1. The summed E-state index contributed by atoms with van der Waals surface area (Å²) in [5, 5.41) is 4.09. The van der Waals surface area contributed by atoms with Gasteiger partial charge in [0.1, 0.15) is 6.29 Å². The minimum atomic E-state index is -0.318. The maximum atomic E-state index is 12.6. The predicted molar refractivity (Wildman–Crippen MR) is 170 cm³/mol. The summed E-state index contributed by atoms with van der Waals surface area (Å²) in [6, 6.07) is 9.36. The fourth-order valence-corrected chi connectivity index (χ4v) is 13.7. The van der Waals surface area contributed by atoms with Crippen LogP contribution in [0.15, 0.2) is 48.6 Å². The minimum Gasteiger partial charge on any atom is -0.382 e. The number of allylic oxidation sites excluding steroid dienone is 3. The zero-order valence-corrected chi connectivity index (χ0v) is 25.5. The Kier molecular flexibility index (Phi) is 6.20. The van der Waals surface area contributed by atoms with Crippen LogP contribution in [0.2, 0.25) is 0 Å². The van der Waals surface area contributed by atoms with Crippen molar-refractivity contribution in [1.82, 2.24) is 0 Å². The lowest BCUT2D eigenvalue weighted by Crippen LogP contribution is -2.43. The normalized spacial score (nSPS) is 49.4. The highest BCUT2D eigenvalue weighted by molar-refractivity contribution is 5.62. The van der Waals surface area contributed by atoms with Gasteiger partial charge in [-0.2, -0.15) is 0 Å². The van der Waals surface area contributed by atoms with E-state index in [9.17, 15) is 4.79 Å². The Morgan fingerprint density at radius 1 is 0.857 bits per heavy atom. The number of carbonyl (C=O) groups is 1. The van der Waals surface area contributed by atoms with Crippen molar-refractivity contribution in [3.05, 3.63) is 54.1 Å². The lowest BCUT2D eigenvalue weighted by Gasteiger charge is -2.39. The molecule has 6 saturated carbocycles. The van der Waals surface area contributed by atoms with E-state index >= 15 is 0 Å². The van der Waals surface area contributed by atoms with Crippen molar-refractivity contribution in [3.8, 4) is 0 Å². The standard InChI is InChI=1S/C39H52N2O/c1-22-10-15-34-37(32-19-26(18-30(22)32)23-6-2-3-7-23)39(34,36(40)21-42)28-13-14-29-27(16-28)20-33-31(29)17-25-12-11-24-8-4-5-9-35(24)41-38(25)33/h4-5,8-9,13-14,21,23,25-34,36-38,41H,1-3,6-7,10-12,15-20,40H2/t25-,26-,27+,28-,29+,30+,31-,32+,33+,34+,36-,37-,38+,39+/m0/s1. The van der Waals surface area contributed by atoms with Crippen LogP contribution in [-0.4, -0.2) is 18.4 Å². The first-order valence-corrected chi connectivity index (χ1v) is 18.0. The molecule has 1 aromatic rings. The zero-order valence-electron chi connectivity index (χ0n) is 25.5. The summed E-state index contributed by atoms with van der Waals surface area (Å²) in [5.74, 6) is 8.86. The van der Waals surface area contributed by atoms with Gasteiger partial charge in [0.05, 0.1) is 6.04 Å². The molecule has 224 valence electrons. The van der Waals surface area contributed by atoms with E-state index in [4.69, 9.17) is 5.73 Å². The largest absolute Gasteiger partial charge is 0.382 e. The number of rotatable bonds is 4. The van der Waals surface area contributed by atoms with Gasteiger partial charge in [-0.3, -0.25) is 0 Å². The maximum absolute atomic E-state index is 12.6. The number of benzene rings is 1. The topological polar surface area (TPSA) is 55.1 Å². The predicted octanol–water partition coefficient (Wildman–Crippen LogP) is 7.82. The molecule has 3 heteroatoms.